The Labute approximate surface area is 120 Å². The van der Waals surface area contributed by atoms with Crippen molar-refractivity contribution >= 4 is 17.7 Å². The minimum absolute atomic E-state index is 0.0247. The molecule has 4 nitrogen and oxygen atoms in total. The number of ether oxygens (including phenoxy) is 1. The van der Waals surface area contributed by atoms with E-state index in [1.165, 1.54) is 0 Å². The second kappa shape index (κ2) is 8.12. The molecule has 5 heteroatoms. The fourth-order valence-electron chi connectivity index (χ4n) is 2.58. The van der Waals surface area contributed by atoms with Gasteiger partial charge in [0.15, 0.2) is 0 Å². The van der Waals surface area contributed by atoms with E-state index in [1.807, 2.05) is 20.1 Å². The Bertz CT molecular complexity index is 284. The van der Waals surface area contributed by atoms with Gasteiger partial charge < -0.3 is 15.2 Å². The van der Waals surface area contributed by atoms with Crippen LogP contribution in [0.5, 0.6) is 0 Å². The number of hydrogen-bond acceptors (Lipinski definition) is 5. The van der Waals surface area contributed by atoms with Crippen molar-refractivity contribution in [3.05, 3.63) is 0 Å². The maximum Gasteiger partial charge on any atom is 0.308 e. The third kappa shape index (κ3) is 6.15. The molecule has 3 atom stereocenters. The average molecular weight is 289 g/mol. The zero-order valence-electron chi connectivity index (χ0n) is 12.3. The molecule has 0 aromatic carbocycles. The molecule has 1 aliphatic rings. The minimum atomic E-state index is -0.684. The number of hydrogen-bond donors (Lipinski definition) is 2. The molecule has 0 saturated heterocycles. The van der Waals surface area contributed by atoms with Gasteiger partial charge in [0.05, 0.1) is 18.1 Å². The largest absolute Gasteiger partial charge is 0.466 e. The van der Waals surface area contributed by atoms with Gasteiger partial charge in [0.25, 0.3) is 0 Å². The Morgan fingerprint density at radius 3 is 2.89 bits per heavy atom. The van der Waals surface area contributed by atoms with Crippen LogP contribution in [0.4, 0.5) is 0 Å². The Balaban J connectivity index is 2.36. The molecule has 0 spiro atoms. The smallest absolute Gasteiger partial charge is 0.308 e. The first-order valence-corrected chi connectivity index (χ1v) is 8.49. The van der Waals surface area contributed by atoms with Crippen molar-refractivity contribution in [3.8, 4) is 0 Å². The molecule has 112 valence electrons. The van der Waals surface area contributed by atoms with Crippen molar-refractivity contribution in [1.29, 1.82) is 0 Å². The zero-order valence-corrected chi connectivity index (χ0v) is 13.1. The van der Waals surface area contributed by atoms with Gasteiger partial charge in [0, 0.05) is 18.3 Å². The van der Waals surface area contributed by atoms with Gasteiger partial charge in [-0.3, -0.25) is 4.79 Å². The molecule has 0 amide bonds. The van der Waals surface area contributed by atoms with E-state index in [0.717, 1.165) is 25.7 Å². The summed E-state index contributed by atoms with van der Waals surface area (Å²) in [7, 11) is 0. The highest BCUT2D eigenvalue weighted by molar-refractivity contribution is 7.98. The van der Waals surface area contributed by atoms with E-state index in [9.17, 15) is 9.90 Å². The first kappa shape index (κ1) is 16.8. The highest BCUT2D eigenvalue weighted by Gasteiger charge is 2.29. The van der Waals surface area contributed by atoms with Crippen LogP contribution in [-0.4, -0.2) is 47.9 Å². The molecule has 0 heterocycles. The molecule has 0 aliphatic heterocycles. The first-order chi connectivity index (χ1) is 8.98. The summed E-state index contributed by atoms with van der Waals surface area (Å²) in [5, 5.41) is 13.5. The van der Waals surface area contributed by atoms with E-state index in [2.05, 4.69) is 5.32 Å². The molecule has 0 radical (unpaired) electrons. The van der Waals surface area contributed by atoms with E-state index in [0.29, 0.717) is 24.9 Å². The third-order valence-electron chi connectivity index (χ3n) is 3.52. The van der Waals surface area contributed by atoms with Gasteiger partial charge in [-0.15, -0.1) is 0 Å². The fourth-order valence-corrected chi connectivity index (χ4v) is 3.30. The van der Waals surface area contributed by atoms with Crippen molar-refractivity contribution < 1.29 is 14.6 Å². The molecule has 0 aromatic heterocycles. The van der Waals surface area contributed by atoms with Crippen LogP contribution >= 0.6 is 11.8 Å². The topological polar surface area (TPSA) is 58.6 Å². The third-order valence-corrected chi connectivity index (χ3v) is 4.43. The summed E-state index contributed by atoms with van der Waals surface area (Å²) < 4.78 is 5.09. The summed E-state index contributed by atoms with van der Waals surface area (Å²) in [5.41, 5.74) is -0.684. The summed E-state index contributed by atoms with van der Waals surface area (Å²) in [6, 6.07) is 0.316. The number of carbonyl (C=O) groups is 1. The molecule has 1 rings (SSSR count). The molecule has 0 bridgehead atoms. The number of esters is 1. The number of nitrogens with one attached hydrogen (secondary N) is 1. The second-order valence-corrected chi connectivity index (χ2v) is 6.49. The minimum Gasteiger partial charge on any atom is -0.466 e. The van der Waals surface area contributed by atoms with Gasteiger partial charge in [-0.1, -0.05) is 6.42 Å². The van der Waals surface area contributed by atoms with Crippen LogP contribution in [0.25, 0.3) is 0 Å². The molecular weight excluding hydrogens is 262 g/mol. The Kier molecular flexibility index (Phi) is 7.18. The Morgan fingerprint density at radius 1 is 1.53 bits per heavy atom. The maximum absolute atomic E-state index is 11.7. The van der Waals surface area contributed by atoms with E-state index in [1.54, 1.807) is 11.8 Å². The van der Waals surface area contributed by atoms with Crippen molar-refractivity contribution in [1.82, 2.24) is 5.32 Å². The van der Waals surface area contributed by atoms with Crippen LogP contribution in [0.15, 0.2) is 0 Å². The lowest BCUT2D eigenvalue weighted by molar-refractivity contribution is -0.149. The van der Waals surface area contributed by atoms with Crippen LogP contribution in [0.2, 0.25) is 0 Å². The first-order valence-electron chi connectivity index (χ1n) is 7.10. The monoisotopic (exact) mass is 289 g/mol. The van der Waals surface area contributed by atoms with Crippen molar-refractivity contribution in [2.45, 2.75) is 51.2 Å². The van der Waals surface area contributed by atoms with Gasteiger partial charge in [-0.25, -0.2) is 0 Å². The Hall–Kier alpha value is -0.260. The number of thioether (sulfide) groups is 1. The number of rotatable bonds is 7. The van der Waals surface area contributed by atoms with Crippen molar-refractivity contribution in [3.63, 3.8) is 0 Å². The van der Waals surface area contributed by atoms with Gasteiger partial charge in [0.2, 0.25) is 0 Å². The van der Waals surface area contributed by atoms with Crippen LogP contribution in [0.1, 0.15) is 39.5 Å². The highest BCUT2D eigenvalue weighted by atomic mass is 32.2. The lowest BCUT2D eigenvalue weighted by Crippen LogP contribution is -2.46. The summed E-state index contributed by atoms with van der Waals surface area (Å²) in [4.78, 5) is 11.7. The van der Waals surface area contributed by atoms with Gasteiger partial charge in [-0.2, -0.15) is 11.8 Å². The predicted molar refractivity (Wildman–Crippen MR) is 79.4 cm³/mol. The summed E-state index contributed by atoms with van der Waals surface area (Å²) in [5.74, 6) is 0.676. The number of carbonyl (C=O) groups excluding carboxylic acids is 1. The van der Waals surface area contributed by atoms with Gasteiger partial charge >= 0.3 is 5.97 Å². The zero-order chi connectivity index (χ0) is 14.3. The molecule has 0 aromatic rings. The molecule has 3 unspecified atom stereocenters. The van der Waals surface area contributed by atoms with Gasteiger partial charge in [-0.05, 0) is 39.4 Å². The fraction of sp³-hybridized carbons (Fsp3) is 0.929. The highest BCUT2D eigenvalue weighted by Crippen LogP contribution is 2.25. The summed E-state index contributed by atoms with van der Waals surface area (Å²) >= 11 is 1.64. The van der Waals surface area contributed by atoms with Gasteiger partial charge in [0.1, 0.15) is 0 Å². The van der Waals surface area contributed by atoms with E-state index in [4.69, 9.17) is 4.74 Å². The van der Waals surface area contributed by atoms with Crippen molar-refractivity contribution in [2.75, 3.05) is 25.2 Å². The SMILES string of the molecule is CCOC(=O)C1CCCC(NCC(C)(O)CSC)C1. The van der Waals surface area contributed by atoms with Crippen LogP contribution in [-0.2, 0) is 9.53 Å². The average Bonchev–Trinajstić information content (AvgIpc) is 2.37. The van der Waals surface area contributed by atoms with E-state index >= 15 is 0 Å². The van der Waals surface area contributed by atoms with Crippen LogP contribution in [0.3, 0.4) is 0 Å². The van der Waals surface area contributed by atoms with Crippen LogP contribution in [0, 0.1) is 5.92 Å². The standard InChI is InChI=1S/C14H27NO3S/c1-4-18-13(16)11-6-5-7-12(8-11)15-9-14(2,17)10-19-3/h11-12,15,17H,4-10H2,1-3H3. The van der Waals surface area contributed by atoms with Crippen LogP contribution < -0.4 is 5.32 Å². The Morgan fingerprint density at radius 2 is 2.26 bits per heavy atom. The van der Waals surface area contributed by atoms with Crippen molar-refractivity contribution in [2.24, 2.45) is 5.92 Å². The molecule has 1 saturated carbocycles. The quantitative estimate of drug-likeness (QED) is 0.700. The summed E-state index contributed by atoms with van der Waals surface area (Å²) in [6.07, 6.45) is 5.87. The molecule has 2 N–H and O–H groups in total. The molecule has 19 heavy (non-hydrogen) atoms. The lowest BCUT2D eigenvalue weighted by Gasteiger charge is -2.31. The molecular formula is C14H27NO3S. The summed E-state index contributed by atoms with van der Waals surface area (Å²) in [6.45, 7) is 4.72. The molecule has 1 aliphatic carbocycles. The second-order valence-electron chi connectivity index (χ2n) is 5.62. The lowest BCUT2D eigenvalue weighted by atomic mass is 9.85. The van der Waals surface area contributed by atoms with E-state index < -0.39 is 5.60 Å². The number of aliphatic hydroxyl groups is 1. The normalized spacial score (nSPS) is 26.7. The molecule has 1 fully saturated rings. The van der Waals surface area contributed by atoms with E-state index in [-0.39, 0.29) is 11.9 Å². The maximum atomic E-state index is 11.7. The predicted octanol–water partition coefficient (Wildman–Crippen LogP) is 1.81.